The lowest BCUT2D eigenvalue weighted by atomic mass is 9.73. The smallest absolute Gasteiger partial charge is 0.308 e. The zero-order valence-electron chi connectivity index (χ0n) is 21.2. The van der Waals surface area contributed by atoms with Crippen molar-refractivity contribution >= 4 is 23.1 Å². The number of allylic oxidation sites excluding steroid dienone is 2. The van der Waals surface area contributed by atoms with E-state index in [1.165, 1.54) is 6.20 Å². The second kappa shape index (κ2) is 10.3. The number of rotatable bonds is 6. The summed E-state index contributed by atoms with van der Waals surface area (Å²) in [6.07, 6.45) is 8.50. The van der Waals surface area contributed by atoms with Crippen molar-refractivity contribution in [2.75, 3.05) is 11.9 Å². The number of aromatic amines is 1. The van der Waals surface area contributed by atoms with Crippen molar-refractivity contribution in [3.8, 4) is 6.07 Å². The number of hydrogen-bond donors (Lipinski definition) is 3. The molecule has 4 rings (SSSR count). The van der Waals surface area contributed by atoms with Crippen molar-refractivity contribution in [2.45, 2.75) is 71.3 Å². The lowest BCUT2D eigenvalue weighted by Crippen LogP contribution is -2.34. The van der Waals surface area contributed by atoms with Gasteiger partial charge in [-0.3, -0.25) is 9.59 Å². The van der Waals surface area contributed by atoms with E-state index >= 15 is 0 Å². The molecular formula is C28H34N4O4. The number of nitrogens with one attached hydrogen (secondary N) is 2. The summed E-state index contributed by atoms with van der Waals surface area (Å²) < 4.78 is 5.17. The number of carbonyl (C=O) groups is 2. The van der Waals surface area contributed by atoms with Crippen molar-refractivity contribution in [2.24, 2.45) is 11.3 Å². The lowest BCUT2D eigenvalue weighted by Gasteiger charge is -2.36. The molecule has 0 atom stereocenters. The Bertz CT molecular complexity index is 1210. The molecule has 2 aliphatic rings. The normalized spacial score (nSPS) is 23.3. The van der Waals surface area contributed by atoms with E-state index < -0.39 is 11.5 Å². The van der Waals surface area contributed by atoms with Gasteiger partial charge in [-0.1, -0.05) is 26.0 Å². The van der Waals surface area contributed by atoms with Crippen LogP contribution >= 0.6 is 0 Å². The Morgan fingerprint density at radius 2 is 2.03 bits per heavy atom. The Morgan fingerprint density at radius 3 is 2.64 bits per heavy atom. The number of aliphatic hydroxyl groups is 1. The number of nitrogens with zero attached hydrogens (tertiary/aromatic N) is 2. The van der Waals surface area contributed by atoms with Gasteiger partial charge in [-0.2, -0.15) is 5.26 Å². The van der Waals surface area contributed by atoms with Gasteiger partial charge in [0.05, 0.1) is 18.1 Å². The average molecular weight is 491 g/mol. The first-order valence-corrected chi connectivity index (χ1v) is 12.6. The van der Waals surface area contributed by atoms with Crippen molar-refractivity contribution in [1.82, 2.24) is 9.97 Å². The van der Waals surface area contributed by atoms with Crippen molar-refractivity contribution in [3.05, 3.63) is 53.1 Å². The number of amides is 1. The third-order valence-electron chi connectivity index (χ3n) is 7.46. The van der Waals surface area contributed by atoms with Gasteiger partial charge in [0.2, 0.25) is 0 Å². The molecule has 8 nitrogen and oxygen atoms in total. The Kier molecular flexibility index (Phi) is 7.32. The van der Waals surface area contributed by atoms with E-state index in [2.05, 4.69) is 35.2 Å². The fraction of sp³-hybridized carbons (Fsp3) is 0.500. The number of nitriles is 1. The average Bonchev–Trinajstić information content (AvgIpc) is 3.35. The van der Waals surface area contributed by atoms with E-state index in [9.17, 15) is 14.7 Å². The molecule has 3 N–H and O–H groups in total. The number of benzene rings is 1. The number of carbonyl (C=O) groups excluding carboxylic acids is 2. The molecule has 190 valence electrons. The van der Waals surface area contributed by atoms with Crippen LogP contribution in [0.2, 0.25) is 0 Å². The molecule has 1 heterocycles. The van der Waals surface area contributed by atoms with Gasteiger partial charge < -0.3 is 20.1 Å². The summed E-state index contributed by atoms with van der Waals surface area (Å²) in [5.41, 5.74) is 2.75. The summed E-state index contributed by atoms with van der Waals surface area (Å²) in [6, 6.07) is 7.57. The van der Waals surface area contributed by atoms with E-state index in [1.54, 1.807) is 6.92 Å². The molecule has 0 bridgehead atoms. The van der Waals surface area contributed by atoms with E-state index in [4.69, 9.17) is 10.00 Å². The zero-order chi connectivity index (χ0) is 25.9. The second-order valence-corrected chi connectivity index (χ2v) is 10.6. The van der Waals surface area contributed by atoms with Crippen LogP contribution in [-0.2, 0) is 15.1 Å². The van der Waals surface area contributed by atoms with Gasteiger partial charge >= 0.3 is 5.97 Å². The van der Waals surface area contributed by atoms with Crippen LogP contribution in [0.4, 0.5) is 5.69 Å². The molecule has 1 amide bonds. The molecule has 0 saturated heterocycles. The first kappa shape index (κ1) is 25.6. The number of esters is 1. The number of aromatic nitrogens is 2. The molecule has 0 spiro atoms. The maximum Gasteiger partial charge on any atom is 0.308 e. The summed E-state index contributed by atoms with van der Waals surface area (Å²) in [5.74, 6) is -0.740. The van der Waals surface area contributed by atoms with Gasteiger partial charge in [0.1, 0.15) is 6.07 Å². The molecule has 1 fully saturated rings. The number of anilines is 1. The molecular weight excluding hydrogens is 456 g/mol. The minimum absolute atomic E-state index is 0.0660. The molecule has 0 radical (unpaired) electrons. The van der Waals surface area contributed by atoms with Crippen LogP contribution in [0, 0.1) is 22.7 Å². The predicted molar refractivity (Wildman–Crippen MR) is 136 cm³/mol. The number of ether oxygens (including phenoxy) is 1. The van der Waals surface area contributed by atoms with Crippen LogP contribution in [0.3, 0.4) is 0 Å². The summed E-state index contributed by atoms with van der Waals surface area (Å²) in [7, 11) is 0. The van der Waals surface area contributed by atoms with Gasteiger partial charge in [-0.25, -0.2) is 4.98 Å². The van der Waals surface area contributed by atoms with Gasteiger partial charge in [0.25, 0.3) is 5.91 Å². The van der Waals surface area contributed by atoms with Crippen LogP contribution < -0.4 is 5.32 Å². The molecule has 2 aliphatic carbocycles. The zero-order valence-corrected chi connectivity index (χ0v) is 21.2. The summed E-state index contributed by atoms with van der Waals surface area (Å²) >= 11 is 0. The fourth-order valence-corrected chi connectivity index (χ4v) is 5.09. The number of imidazole rings is 1. The van der Waals surface area contributed by atoms with Gasteiger partial charge in [-0.05, 0) is 80.6 Å². The first-order chi connectivity index (χ1) is 17.1. The Morgan fingerprint density at radius 1 is 1.28 bits per heavy atom. The maximum absolute atomic E-state index is 12.9. The highest BCUT2D eigenvalue weighted by molar-refractivity contribution is 6.03. The Hall–Kier alpha value is -3.44. The van der Waals surface area contributed by atoms with Gasteiger partial charge in [0, 0.05) is 17.4 Å². The highest BCUT2D eigenvalue weighted by atomic mass is 16.5. The monoisotopic (exact) mass is 490 g/mol. The largest absolute Gasteiger partial charge is 0.466 e. The van der Waals surface area contributed by atoms with E-state index in [0.717, 1.165) is 36.0 Å². The van der Waals surface area contributed by atoms with Crippen LogP contribution in [0.1, 0.15) is 93.2 Å². The molecule has 1 saturated carbocycles. The maximum atomic E-state index is 12.9. The number of H-pyrrole nitrogens is 1. The topological polar surface area (TPSA) is 128 Å². The number of hydrogen-bond acceptors (Lipinski definition) is 6. The fourth-order valence-electron chi connectivity index (χ4n) is 5.09. The SMILES string of the molecule is CCOC(=O)[C@H]1CC[C@](O)(c2ccc(NC(=O)c3nc(C#N)c[nH]3)c(C3=CCC(C)(C)CC3)c2)CC1. The van der Waals surface area contributed by atoms with E-state index in [0.29, 0.717) is 38.0 Å². The van der Waals surface area contributed by atoms with Crippen LogP contribution in [0.5, 0.6) is 0 Å². The van der Waals surface area contributed by atoms with Crippen molar-refractivity contribution in [1.29, 1.82) is 5.26 Å². The molecule has 0 aliphatic heterocycles. The molecule has 0 unspecified atom stereocenters. The summed E-state index contributed by atoms with van der Waals surface area (Å²) in [4.78, 5) is 31.8. The van der Waals surface area contributed by atoms with E-state index in [1.807, 2.05) is 24.3 Å². The lowest BCUT2D eigenvalue weighted by molar-refractivity contribution is -0.151. The van der Waals surface area contributed by atoms with Gasteiger partial charge in [-0.15, -0.1) is 0 Å². The van der Waals surface area contributed by atoms with Crippen molar-refractivity contribution in [3.63, 3.8) is 0 Å². The molecule has 1 aromatic heterocycles. The Labute approximate surface area is 211 Å². The first-order valence-electron chi connectivity index (χ1n) is 12.6. The summed E-state index contributed by atoms with van der Waals surface area (Å²) in [5, 5.41) is 23.5. The van der Waals surface area contributed by atoms with Crippen LogP contribution in [0.25, 0.3) is 5.57 Å². The minimum Gasteiger partial charge on any atom is -0.466 e. The third-order valence-corrected chi connectivity index (χ3v) is 7.46. The predicted octanol–water partition coefficient (Wildman–Crippen LogP) is 5.07. The second-order valence-electron chi connectivity index (χ2n) is 10.6. The van der Waals surface area contributed by atoms with Crippen molar-refractivity contribution < 1.29 is 19.4 Å². The summed E-state index contributed by atoms with van der Waals surface area (Å²) in [6.45, 7) is 6.65. The van der Waals surface area contributed by atoms with Crippen LogP contribution in [-0.4, -0.2) is 33.6 Å². The standard InChI is InChI=1S/C28H34N4O4/c1-4-36-26(34)19-9-13-28(35,14-10-19)20-5-6-23(32-25(33)24-30-17-21(16-29)31-24)22(15-20)18-7-11-27(2,3)12-8-18/h5-7,15,17,19,35H,4,8-14H2,1-3H3,(H,30,31)(H,32,33)/t19-,28+. The highest BCUT2D eigenvalue weighted by Gasteiger charge is 2.38. The van der Waals surface area contributed by atoms with E-state index in [-0.39, 0.29) is 28.8 Å². The quantitative estimate of drug-likeness (QED) is 0.485. The molecule has 8 heteroatoms. The minimum atomic E-state index is -1.04. The van der Waals surface area contributed by atoms with Gasteiger partial charge in [0.15, 0.2) is 11.5 Å². The molecule has 36 heavy (non-hydrogen) atoms. The molecule has 2 aromatic rings. The third kappa shape index (κ3) is 5.52. The Balaban J connectivity index is 1.62. The van der Waals surface area contributed by atoms with Crippen LogP contribution in [0.15, 0.2) is 30.5 Å². The highest BCUT2D eigenvalue weighted by Crippen LogP contribution is 2.44. The molecule has 1 aromatic carbocycles.